The fraction of sp³-hybridized carbons (Fsp3) is 0.211. The molecular formula is C19H19BrN4O2. The molecule has 7 heteroatoms. The van der Waals surface area contributed by atoms with Crippen LogP contribution in [0.5, 0.6) is 0 Å². The Balaban J connectivity index is 1.84. The van der Waals surface area contributed by atoms with Crippen LogP contribution in [0.1, 0.15) is 0 Å². The predicted octanol–water partition coefficient (Wildman–Crippen LogP) is 2.89. The molecule has 0 saturated carbocycles. The Bertz CT molecular complexity index is 1010. The van der Waals surface area contributed by atoms with Gasteiger partial charge in [-0.15, -0.1) is 0 Å². The van der Waals surface area contributed by atoms with E-state index in [9.17, 15) is 9.59 Å². The van der Waals surface area contributed by atoms with Crippen molar-refractivity contribution in [3.05, 3.63) is 63.6 Å². The maximum Gasteiger partial charge on any atom is 0.261 e. The molecule has 1 heterocycles. The van der Waals surface area contributed by atoms with Gasteiger partial charge in [0.15, 0.2) is 0 Å². The van der Waals surface area contributed by atoms with Crippen LogP contribution in [0.25, 0.3) is 10.9 Å². The number of likely N-dealkylation sites (N-methyl/N-ethyl adjacent to an activating group) is 1. The van der Waals surface area contributed by atoms with E-state index in [-0.39, 0.29) is 18.0 Å². The lowest BCUT2D eigenvalue weighted by Gasteiger charge is -2.19. The molecule has 6 nitrogen and oxygen atoms in total. The Labute approximate surface area is 159 Å². The third kappa shape index (κ3) is 3.62. The smallest absolute Gasteiger partial charge is 0.261 e. The molecule has 0 aliphatic heterocycles. The van der Waals surface area contributed by atoms with Crippen molar-refractivity contribution < 1.29 is 4.79 Å². The number of fused-ring (bicyclic) bond motifs is 1. The van der Waals surface area contributed by atoms with Crippen LogP contribution in [0, 0.1) is 0 Å². The summed E-state index contributed by atoms with van der Waals surface area (Å²) in [4.78, 5) is 33.0. The van der Waals surface area contributed by atoms with Gasteiger partial charge in [0.1, 0.15) is 6.54 Å². The summed E-state index contributed by atoms with van der Waals surface area (Å²) in [5.74, 6) is -0.194. The quantitative estimate of drug-likeness (QED) is 0.658. The Morgan fingerprint density at radius 3 is 2.38 bits per heavy atom. The molecule has 0 aliphatic carbocycles. The van der Waals surface area contributed by atoms with Gasteiger partial charge in [0.05, 0.1) is 17.2 Å². The van der Waals surface area contributed by atoms with Crippen LogP contribution in [0.2, 0.25) is 0 Å². The van der Waals surface area contributed by atoms with E-state index in [4.69, 9.17) is 0 Å². The lowest BCUT2D eigenvalue weighted by molar-refractivity contribution is -0.118. The third-order valence-electron chi connectivity index (χ3n) is 4.22. The number of rotatable bonds is 4. The van der Waals surface area contributed by atoms with Crippen LogP contribution < -0.4 is 15.4 Å². The minimum absolute atomic E-state index is 0.0692. The molecule has 0 bridgehead atoms. The van der Waals surface area contributed by atoms with Gasteiger partial charge in [0.25, 0.3) is 5.56 Å². The van der Waals surface area contributed by atoms with E-state index in [1.165, 1.54) is 15.8 Å². The lowest BCUT2D eigenvalue weighted by atomic mass is 10.2. The first-order chi connectivity index (χ1) is 12.4. The van der Waals surface area contributed by atoms with Crippen LogP contribution in [-0.2, 0) is 11.3 Å². The van der Waals surface area contributed by atoms with Gasteiger partial charge in [-0.3, -0.25) is 14.2 Å². The normalized spacial score (nSPS) is 10.8. The number of benzene rings is 2. The SMILES string of the molecule is CN(C)c1ccc(N(C)C(=O)Cn2cnc3ccc(Br)cc3c2=O)cc1. The van der Waals surface area contributed by atoms with E-state index in [2.05, 4.69) is 20.9 Å². The Hall–Kier alpha value is -2.67. The van der Waals surface area contributed by atoms with Crippen LogP contribution in [0.15, 0.2) is 58.1 Å². The van der Waals surface area contributed by atoms with Crippen LogP contribution in [0.3, 0.4) is 0 Å². The number of nitrogens with zero attached hydrogens (tertiary/aromatic N) is 4. The molecule has 0 spiro atoms. The van der Waals surface area contributed by atoms with Gasteiger partial charge in [-0.1, -0.05) is 15.9 Å². The molecule has 2 aromatic carbocycles. The molecule has 0 atom stereocenters. The van der Waals surface area contributed by atoms with Gasteiger partial charge >= 0.3 is 0 Å². The summed E-state index contributed by atoms with van der Waals surface area (Å²) in [5.41, 5.74) is 2.19. The highest BCUT2D eigenvalue weighted by Gasteiger charge is 2.14. The van der Waals surface area contributed by atoms with E-state index in [1.807, 2.05) is 49.3 Å². The van der Waals surface area contributed by atoms with Crippen LogP contribution in [0.4, 0.5) is 11.4 Å². The van der Waals surface area contributed by atoms with Crippen molar-refractivity contribution in [1.29, 1.82) is 0 Å². The van der Waals surface area contributed by atoms with Crippen LogP contribution in [-0.4, -0.2) is 36.6 Å². The van der Waals surface area contributed by atoms with Crippen molar-refractivity contribution >= 4 is 44.1 Å². The summed E-state index contributed by atoms with van der Waals surface area (Å²) in [6, 6.07) is 13.0. The summed E-state index contributed by atoms with van der Waals surface area (Å²) < 4.78 is 2.13. The molecule has 0 aliphatic rings. The molecule has 0 unspecified atom stereocenters. The summed E-state index contributed by atoms with van der Waals surface area (Å²) in [5, 5.41) is 0.479. The molecule has 134 valence electrons. The van der Waals surface area contributed by atoms with Crippen molar-refractivity contribution in [3.63, 3.8) is 0 Å². The van der Waals surface area contributed by atoms with E-state index in [1.54, 1.807) is 19.2 Å². The zero-order valence-corrected chi connectivity index (χ0v) is 16.4. The van der Waals surface area contributed by atoms with Gasteiger partial charge in [-0.25, -0.2) is 4.98 Å². The summed E-state index contributed by atoms with van der Waals surface area (Å²) in [6.45, 7) is -0.0692. The highest BCUT2D eigenvalue weighted by Crippen LogP contribution is 2.19. The molecule has 3 aromatic rings. The highest BCUT2D eigenvalue weighted by atomic mass is 79.9. The molecule has 26 heavy (non-hydrogen) atoms. The molecule has 0 N–H and O–H groups in total. The number of aromatic nitrogens is 2. The maximum atomic E-state index is 12.6. The molecule has 1 amide bonds. The second-order valence-corrected chi connectivity index (χ2v) is 7.12. The fourth-order valence-corrected chi connectivity index (χ4v) is 2.98. The van der Waals surface area contributed by atoms with Gasteiger partial charge < -0.3 is 9.80 Å². The molecule has 0 saturated heterocycles. The Kier molecular flexibility index (Phi) is 5.08. The molecular weight excluding hydrogens is 396 g/mol. The number of carbonyl (C=O) groups is 1. The zero-order valence-electron chi connectivity index (χ0n) is 14.8. The number of carbonyl (C=O) groups excluding carboxylic acids is 1. The number of hydrogen-bond donors (Lipinski definition) is 0. The summed E-state index contributed by atoms with van der Waals surface area (Å²) >= 11 is 3.36. The van der Waals surface area contributed by atoms with Gasteiger partial charge in [-0.2, -0.15) is 0 Å². The van der Waals surface area contributed by atoms with E-state index in [0.717, 1.165) is 15.8 Å². The predicted molar refractivity (Wildman–Crippen MR) is 108 cm³/mol. The minimum atomic E-state index is -0.235. The van der Waals surface area contributed by atoms with E-state index < -0.39 is 0 Å². The first kappa shape index (κ1) is 18.1. The third-order valence-corrected chi connectivity index (χ3v) is 4.71. The van der Waals surface area contributed by atoms with Gasteiger partial charge in [0, 0.05) is 37.0 Å². The average molecular weight is 415 g/mol. The van der Waals surface area contributed by atoms with E-state index >= 15 is 0 Å². The molecule has 3 rings (SSSR count). The molecule has 0 radical (unpaired) electrons. The maximum absolute atomic E-state index is 12.6. The minimum Gasteiger partial charge on any atom is -0.378 e. The summed E-state index contributed by atoms with van der Waals surface area (Å²) in [7, 11) is 5.62. The van der Waals surface area contributed by atoms with Crippen molar-refractivity contribution in [2.24, 2.45) is 0 Å². The van der Waals surface area contributed by atoms with Crippen molar-refractivity contribution in [2.45, 2.75) is 6.54 Å². The number of hydrogen-bond acceptors (Lipinski definition) is 4. The topological polar surface area (TPSA) is 58.4 Å². The summed E-state index contributed by atoms with van der Waals surface area (Å²) in [6.07, 6.45) is 1.42. The van der Waals surface area contributed by atoms with E-state index in [0.29, 0.717) is 10.9 Å². The number of amides is 1. The van der Waals surface area contributed by atoms with Crippen molar-refractivity contribution in [2.75, 3.05) is 30.9 Å². The lowest BCUT2D eigenvalue weighted by Crippen LogP contribution is -2.34. The first-order valence-corrected chi connectivity index (χ1v) is 8.85. The number of halogens is 1. The highest BCUT2D eigenvalue weighted by molar-refractivity contribution is 9.10. The second kappa shape index (κ2) is 7.29. The number of anilines is 2. The fourth-order valence-electron chi connectivity index (χ4n) is 2.61. The van der Waals surface area contributed by atoms with Gasteiger partial charge in [0.2, 0.25) is 5.91 Å². The van der Waals surface area contributed by atoms with Gasteiger partial charge in [-0.05, 0) is 42.5 Å². The largest absolute Gasteiger partial charge is 0.378 e. The Morgan fingerprint density at radius 2 is 1.73 bits per heavy atom. The second-order valence-electron chi connectivity index (χ2n) is 6.20. The Morgan fingerprint density at radius 1 is 1.08 bits per heavy atom. The zero-order chi connectivity index (χ0) is 18.8. The van der Waals surface area contributed by atoms with Crippen molar-refractivity contribution in [3.8, 4) is 0 Å². The van der Waals surface area contributed by atoms with Crippen LogP contribution >= 0.6 is 15.9 Å². The molecule has 0 fully saturated rings. The first-order valence-electron chi connectivity index (χ1n) is 8.05. The monoisotopic (exact) mass is 414 g/mol. The standard InChI is InChI=1S/C19H19BrN4O2/c1-22(2)14-5-7-15(8-6-14)23(3)18(25)11-24-12-21-17-9-4-13(20)10-16(17)19(24)26/h4-10,12H,11H2,1-3H3. The average Bonchev–Trinajstić information content (AvgIpc) is 2.63. The van der Waals surface area contributed by atoms with Crippen molar-refractivity contribution in [1.82, 2.24) is 9.55 Å². The molecule has 1 aromatic heterocycles.